The van der Waals surface area contributed by atoms with Gasteiger partial charge in [0.25, 0.3) is 0 Å². The molecule has 2 N–H and O–H groups in total. The molecule has 102 valence electrons. The van der Waals surface area contributed by atoms with Gasteiger partial charge in [-0.25, -0.2) is 13.8 Å². The number of aryl methyl sites for hydroxylation is 1. The van der Waals surface area contributed by atoms with Gasteiger partial charge in [0.15, 0.2) is 11.6 Å². The molecule has 0 amide bonds. The SMILES string of the molecule is Cn1cc(CCN)nc1COc1ccc(F)c(F)c1. The van der Waals surface area contributed by atoms with Gasteiger partial charge >= 0.3 is 0 Å². The van der Waals surface area contributed by atoms with Gasteiger partial charge in [-0.2, -0.15) is 0 Å². The second-order valence-electron chi connectivity index (χ2n) is 4.16. The predicted octanol–water partition coefficient (Wildman–Crippen LogP) is 1.78. The molecule has 2 rings (SSSR count). The number of aromatic nitrogens is 2. The third-order valence-corrected chi connectivity index (χ3v) is 2.68. The maximum absolute atomic E-state index is 13.0. The molecule has 0 fully saturated rings. The first-order valence-electron chi connectivity index (χ1n) is 5.89. The number of nitrogens with zero attached hydrogens (tertiary/aromatic N) is 2. The van der Waals surface area contributed by atoms with E-state index in [4.69, 9.17) is 10.5 Å². The van der Waals surface area contributed by atoms with Crippen LogP contribution in [0.25, 0.3) is 0 Å². The molecule has 0 aliphatic heterocycles. The molecule has 0 saturated heterocycles. The molecule has 1 aromatic heterocycles. The van der Waals surface area contributed by atoms with Gasteiger partial charge < -0.3 is 15.0 Å². The fourth-order valence-electron chi connectivity index (χ4n) is 1.69. The summed E-state index contributed by atoms with van der Waals surface area (Å²) in [7, 11) is 1.84. The van der Waals surface area contributed by atoms with Gasteiger partial charge in [0.2, 0.25) is 0 Å². The molecule has 4 nitrogen and oxygen atoms in total. The van der Waals surface area contributed by atoms with Crippen molar-refractivity contribution in [3.63, 3.8) is 0 Å². The summed E-state index contributed by atoms with van der Waals surface area (Å²) >= 11 is 0. The third kappa shape index (κ3) is 3.29. The number of hydrogen-bond acceptors (Lipinski definition) is 3. The molecular weight excluding hydrogens is 252 g/mol. The Kier molecular flexibility index (Phi) is 4.11. The van der Waals surface area contributed by atoms with Crippen molar-refractivity contribution in [1.29, 1.82) is 0 Å². The molecule has 0 aliphatic rings. The summed E-state index contributed by atoms with van der Waals surface area (Å²) in [6.45, 7) is 0.715. The molecule has 0 aliphatic carbocycles. The lowest BCUT2D eigenvalue weighted by atomic mass is 10.3. The van der Waals surface area contributed by atoms with Crippen LogP contribution in [0.1, 0.15) is 11.5 Å². The Morgan fingerprint density at radius 1 is 1.32 bits per heavy atom. The molecule has 0 unspecified atom stereocenters. The molecule has 0 saturated carbocycles. The highest BCUT2D eigenvalue weighted by Gasteiger charge is 2.07. The average Bonchev–Trinajstić information content (AvgIpc) is 2.72. The average molecular weight is 267 g/mol. The number of halogens is 2. The van der Waals surface area contributed by atoms with Gasteiger partial charge in [-0.15, -0.1) is 0 Å². The van der Waals surface area contributed by atoms with Crippen molar-refractivity contribution in [3.8, 4) is 5.75 Å². The fraction of sp³-hybridized carbons (Fsp3) is 0.308. The van der Waals surface area contributed by atoms with Crippen LogP contribution in [0.3, 0.4) is 0 Å². The van der Waals surface area contributed by atoms with Crippen LogP contribution in [0, 0.1) is 11.6 Å². The predicted molar refractivity (Wildman–Crippen MR) is 66.7 cm³/mol. The molecule has 0 spiro atoms. The first kappa shape index (κ1) is 13.5. The second-order valence-corrected chi connectivity index (χ2v) is 4.16. The van der Waals surface area contributed by atoms with Gasteiger partial charge in [0.05, 0.1) is 5.69 Å². The zero-order valence-electron chi connectivity index (χ0n) is 10.6. The van der Waals surface area contributed by atoms with Crippen molar-refractivity contribution < 1.29 is 13.5 Å². The Bertz CT molecular complexity index is 569. The minimum atomic E-state index is -0.929. The Labute approximate surface area is 109 Å². The molecule has 0 bridgehead atoms. The highest BCUT2D eigenvalue weighted by molar-refractivity contribution is 5.23. The Morgan fingerprint density at radius 2 is 2.11 bits per heavy atom. The topological polar surface area (TPSA) is 53.1 Å². The molecule has 1 heterocycles. The third-order valence-electron chi connectivity index (χ3n) is 2.68. The van der Waals surface area contributed by atoms with Crippen LogP contribution in [-0.2, 0) is 20.1 Å². The molecule has 19 heavy (non-hydrogen) atoms. The summed E-state index contributed by atoms with van der Waals surface area (Å²) in [5, 5.41) is 0. The van der Waals surface area contributed by atoms with E-state index >= 15 is 0 Å². The summed E-state index contributed by atoms with van der Waals surface area (Å²) in [5.74, 6) is -0.855. The standard InChI is InChI=1S/C13H15F2N3O/c1-18-7-9(4-5-16)17-13(18)8-19-10-2-3-11(14)12(15)6-10/h2-3,6-7H,4-5,8,16H2,1H3. The van der Waals surface area contributed by atoms with E-state index in [1.807, 2.05) is 17.8 Å². The summed E-state index contributed by atoms with van der Waals surface area (Å²) in [6.07, 6.45) is 2.57. The lowest BCUT2D eigenvalue weighted by molar-refractivity contribution is 0.289. The quantitative estimate of drug-likeness (QED) is 0.898. The van der Waals surface area contributed by atoms with Crippen molar-refractivity contribution in [2.24, 2.45) is 12.8 Å². The Morgan fingerprint density at radius 3 is 2.79 bits per heavy atom. The fourth-order valence-corrected chi connectivity index (χ4v) is 1.69. The van der Waals surface area contributed by atoms with Crippen molar-refractivity contribution in [2.75, 3.05) is 6.54 Å². The molecule has 0 atom stereocenters. The van der Waals surface area contributed by atoms with Crippen molar-refractivity contribution in [1.82, 2.24) is 9.55 Å². The largest absolute Gasteiger partial charge is 0.486 e. The Hall–Kier alpha value is -1.95. The smallest absolute Gasteiger partial charge is 0.162 e. The summed E-state index contributed by atoms with van der Waals surface area (Å²) in [5.41, 5.74) is 6.34. The minimum absolute atomic E-state index is 0.187. The number of imidazole rings is 1. The van der Waals surface area contributed by atoms with E-state index in [2.05, 4.69) is 4.98 Å². The zero-order valence-corrected chi connectivity index (χ0v) is 10.6. The monoisotopic (exact) mass is 267 g/mol. The van der Waals surface area contributed by atoms with Gasteiger partial charge in [-0.3, -0.25) is 0 Å². The van der Waals surface area contributed by atoms with Crippen LogP contribution in [0.5, 0.6) is 5.75 Å². The molecule has 0 radical (unpaired) electrons. The van der Waals surface area contributed by atoms with E-state index in [0.717, 1.165) is 17.8 Å². The van der Waals surface area contributed by atoms with Gasteiger partial charge in [0.1, 0.15) is 18.2 Å². The van der Waals surface area contributed by atoms with E-state index in [1.54, 1.807) is 0 Å². The van der Waals surface area contributed by atoms with Gasteiger partial charge in [-0.05, 0) is 18.7 Å². The summed E-state index contributed by atoms with van der Waals surface area (Å²) < 4.78 is 33.0. The normalized spacial score (nSPS) is 10.7. The maximum Gasteiger partial charge on any atom is 0.162 e. The molecule has 1 aromatic carbocycles. The van der Waals surface area contributed by atoms with E-state index < -0.39 is 11.6 Å². The van der Waals surface area contributed by atoms with E-state index in [9.17, 15) is 8.78 Å². The first-order chi connectivity index (χ1) is 9.10. The maximum atomic E-state index is 13.0. The molecule has 6 heteroatoms. The van der Waals surface area contributed by atoms with Crippen LogP contribution in [0.2, 0.25) is 0 Å². The Balaban J connectivity index is 2.03. The number of rotatable bonds is 5. The number of nitrogens with two attached hydrogens (primary N) is 1. The van der Waals surface area contributed by atoms with Crippen molar-refractivity contribution in [3.05, 3.63) is 47.5 Å². The van der Waals surface area contributed by atoms with Gasteiger partial charge in [-0.1, -0.05) is 0 Å². The molecule has 2 aromatic rings. The van der Waals surface area contributed by atoms with E-state index in [-0.39, 0.29) is 12.4 Å². The minimum Gasteiger partial charge on any atom is -0.486 e. The van der Waals surface area contributed by atoms with Crippen LogP contribution in [0.15, 0.2) is 24.4 Å². The highest BCUT2D eigenvalue weighted by atomic mass is 19.2. The van der Waals surface area contributed by atoms with Crippen LogP contribution >= 0.6 is 0 Å². The lowest BCUT2D eigenvalue weighted by Gasteiger charge is -2.06. The lowest BCUT2D eigenvalue weighted by Crippen LogP contribution is -2.04. The summed E-state index contributed by atoms with van der Waals surface area (Å²) in [4.78, 5) is 4.34. The van der Waals surface area contributed by atoms with Crippen molar-refractivity contribution >= 4 is 0 Å². The number of hydrogen-bond donors (Lipinski definition) is 1. The molecular formula is C13H15F2N3O. The first-order valence-corrected chi connectivity index (χ1v) is 5.89. The number of ether oxygens (including phenoxy) is 1. The van der Waals surface area contributed by atoms with E-state index in [1.165, 1.54) is 6.07 Å². The van der Waals surface area contributed by atoms with Crippen LogP contribution < -0.4 is 10.5 Å². The van der Waals surface area contributed by atoms with Gasteiger partial charge in [0, 0.05) is 25.7 Å². The van der Waals surface area contributed by atoms with Crippen LogP contribution in [0.4, 0.5) is 8.78 Å². The zero-order chi connectivity index (χ0) is 13.8. The number of benzene rings is 1. The highest BCUT2D eigenvalue weighted by Crippen LogP contribution is 2.16. The van der Waals surface area contributed by atoms with Crippen molar-refractivity contribution in [2.45, 2.75) is 13.0 Å². The second kappa shape index (κ2) is 5.79. The summed E-state index contributed by atoms with van der Waals surface area (Å²) in [6, 6.07) is 3.42. The van der Waals surface area contributed by atoms with Crippen LogP contribution in [-0.4, -0.2) is 16.1 Å². The van der Waals surface area contributed by atoms with E-state index in [0.29, 0.717) is 18.8 Å².